The minimum Gasteiger partial charge on any atom is -0.463 e. The number of hydrogen-bond donors (Lipinski definition) is 2. The molecule has 0 bridgehead atoms. The highest BCUT2D eigenvalue weighted by atomic mass is 35.5. The van der Waals surface area contributed by atoms with Crippen molar-refractivity contribution < 1.29 is 24.0 Å². The Bertz CT molecular complexity index is 790. The predicted octanol–water partition coefficient (Wildman–Crippen LogP) is 0.754. The number of likely N-dealkylation sites (N-methyl/N-ethyl adjacent to an activating group) is 1. The molecule has 0 aliphatic carbocycles. The summed E-state index contributed by atoms with van der Waals surface area (Å²) in [5, 5.41) is 3.39. The van der Waals surface area contributed by atoms with Crippen molar-refractivity contribution in [2.45, 2.75) is 26.2 Å². The summed E-state index contributed by atoms with van der Waals surface area (Å²) in [4.78, 5) is 40.4. The van der Waals surface area contributed by atoms with E-state index in [1.165, 1.54) is 9.80 Å². The van der Waals surface area contributed by atoms with Crippen LogP contribution in [0.25, 0.3) is 0 Å². The number of carbonyl (C=O) groups excluding carboxylic acids is 3. The van der Waals surface area contributed by atoms with Crippen LogP contribution in [0.5, 0.6) is 0 Å². The van der Waals surface area contributed by atoms with Crippen LogP contribution in [0.1, 0.15) is 31.7 Å². The van der Waals surface area contributed by atoms with Crippen LogP contribution in [0, 0.1) is 0 Å². The second-order valence-corrected chi connectivity index (χ2v) is 7.75. The molecule has 0 saturated carbocycles. The van der Waals surface area contributed by atoms with Gasteiger partial charge in [-0.3, -0.25) is 9.59 Å². The lowest BCUT2D eigenvalue weighted by Gasteiger charge is -2.34. The van der Waals surface area contributed by atoms with Crippen molar-refractivity contribution in [2.75, 3.05) is 40.3 Å². The maximum absolute atomic E-state index is 12.8. The minimum absolute atomic E-state index is 0.0856. The summed E-state index contributed by atoms with van der Waals surface area (Å²) in [7, 11) is 3.99. The van der Waals surface area contributed by atoms with Gasteiger partial charge in [-0.2, -0.15) is 0 Å². The molecule has 0 aromatic heterocycles. The molecule has 2 amide bonds. The predicted molar refractivity (Wildman–Crippen MR) is 111 cm³/mol. The largest absolute Gasteiger partial charge is 0.463 e. The third kappa shape index (κ3) is 6.05. The van der Waals surface area contributed by atoms with Crippen LogP contribution in [0.4, 0.5) is 0 Å². The van der Waals surface area contributed by atoms with Crippen LogP contribution < -0.4 is 10.2 Å². The van der Waals surface area contributed by atoms with Crippen molar-refractivity contribution in [3.8, 4) is 0 Å². The lowest BCUT2D eigenvalue weighted by molar-refractivity contribution is -0.856. The van der Waals surface area contributed by atoms with Crippen LogP contribution in [0.15, 0.2) is 35.5 Å². The number of carbonyl (C=O) groups is 3. The number of halogens is 1. The zero-order chi connectivity index (χ0) is 21.6. The SMILES string of the molecule is CCOC(=O)C1=C(C)N(CC(=O)NCC[NH+](C)C)C(=O)C[C@@H]1c1ccc(Cl)cc1. The number of hydrogen-bond acceptors (Lipinski definition) is 4. The number of amides is 2. The number of allylic oxidation sites excluding steroid dienone is 1. The number of esters is 1. The second-order valence-electron chi connectivity index (χ2n) is 7.31. The quantitative estimate of drug-likeness (QED) is 0.606. The Morgan fingerprint density at radius 1 is 1.28 bits per heavy atom. The molecule has 0 unspecified atom stereocenters. The van der Waals surface area contributed by atoms with Crippen molar-refractivity contribution in [1.82, 2.24) is 10.2 Å². The van der Waals surface area contributed by atoms with E-state index in [-0.39, 0.29) is 31.4 Å². The van der Waals surface area contributed by atoms with Gasteiger partial charge in [0.25, 0.3) is 0 Å². The van der Waals surface area contributed by atoms with Crippen molar-refractivity contribution >= 4 is 29.4 Å². The summed E-state index contributed by atoms with van der Waals surface area (Å²) < 4.78 is 5.24. The summed E-state index contributed by atoms with van der Waals surface area (Å²) in [6.07, 6.45) is 0.0856. The molecule has 1 aromatic carbocycles. The van der Waals surface area contributed by atoms with E-state index in [1.807, 2.05) is 14.1 Å². The summed E-state index contributed by atoms with van der Waals surface area (Å²) in [6, 6.07) is 7.07. The molecule has 0 radical (unpaired) electrons. The first-order valence-corrected chi connectivity index (χ1v) is 10.1. The Kier molecular flexibility index (Phi) is 8.22. The van der Waals surface area contributed by atoms with Crippen molar-refractivity contribution in [2.24, 2.45) is 0 Å². The van der Waals surface area contributed by atoms with Crippen molar-refractivity contribution in [3.05, 3.63) is 46.1 Å². The van der Waals surface area contributed by atoms with Crippen molar-refractivity contribution in [3.63, 3.8) is 0 Å². The monoisotopic (exact) mass is 422 g/mol. The Balaban J connectivity index is 2.29. The number of rotatable bonds is 8. The molecule has 1 aliphatic heterocycles. The molecule has 1 aromatic rings. The van der Waals surface area contributed by atoms with E-state index in [2.05, 4.69) is 5.32 Å². The number of nitrogens with zero attached hydrogens (tertiary/aromatic N) is 1. The normalized spacial score (nSPS) is 17.0. The molecule has 1 atom stereocenters. The minimum atomic E-state index is -0.473. The molecule has 8 heteroatoms. The topological polar surface area (TPSA) is 80.2 Å². The van der Waals surface area contributed by atoms with Gasteiger partial charge in [0.15, 0.2) is 0 Å². The van der Waals surface area contributed by atoms with E-state index in [9.17, 15) is 14.4 Å². The third-order valence-electron chi connectivity index (χ3n) is 4.84. The molecule has 1 aliphatic rings. The first-order chi connectivity index (χ1) is 13.7. The van der Waals surface area contributed by atoms with Gasteiger partial charge in [-0.25, -0.2) is 4.79 Å². The highest BCUT2D eigenvalue weighted by Crippen LogP contribution is 2.37. The first-order valence-electron chi connectivity index (χ1n) is 9.74. The van der Waals surface area contributed by atoms with Crippen LogP contribution in [-0.2, 0) is 19.1 Å². The molecule has 2 N–H and O–H groups in total. The van der Waals surface area contributed by atoms with Crippen LogP contribution >= 0.6 is 11.6 Å². The van der Waals surface area contributed by atoms with Gasteiger partial charge in [0.1, 0.15) is 6.54 Å². The van der Waals surface area contributed by atoms with E-state index < -0.39 is 11.9 Å². The maximum atomic E-state index is 12.8. The number of nitrogens with one attached hydrogen (secondary N) is 2. The summed E-state index contributed by atoms with van der Waals surface area (Å²) in [6.45, 7) is 4.82. The fraction of sp³-hybridized carbons (Fsp3) is 0.476. The fourth-order valence-electron chi connectivity index (χ4n) is 3.31. The molecule has 0 spiro atoms. The van der Waals surface area contributed by atoms with Gasteiger partial charge in [-0.05, 0) is 31.5 Å². The molecular formula is C21H29ClN3O4+. The molecule has 2 rings (SSSR count). The Labute approximate surface area is 176 Å². The molecule has 1 heterocycles. The van der Waals surface area contributed by atoms with Crippen LogP contribution in [-0.4, -0.2) is 63.0 Å². The van der Waals surface area contributed by atoms with E-state index in [4.69, 9.17) is 16.3 Å². The summed E-state index contributed by atoms with van der Waals surface area (Å²) in [5.41, 5.74) is 1.66. The van der Waals surface area contributed by atoms with Gasteiger partial charge in [-0.1, -0.05) is 23.7 Å². The van der Waals surface area contributed by atoms with Crippen LogP contribution in [0.2, 0.25) is 5.02 Å². The van der Waals surface area contributed by atoms with Gasteiger partial charge in [0.2, 0.25) is 11.8 Å². The molecule has 0 fully saturated rings. The van der Waals surface area contributed by atoms with E-state index >= 15 is 0 Å². The van der Waals surface area contributed by atoms with E-state index in [0.717, 1.165) is 12.1 Å². The lowest BCUT2D eigenvalue weighted by atomic mass is 9.83. The average molecular weight is 423 g/mol. The number of quaternary nitrogens is 1. The van der Waals surface area contributed by atoms with Crippen LogP contribution in [0.3, 0.4) is 0 Å². The summed E-state index contributed by atoms with van der Waals surface area (Å²) in [5.74, 6) is -1.37. The van der Waals surface area contributed by atoms with Gasteiger partial charge in [0, 0.05) is 23.1 Å². The van der Waals surface area contributed by atoms with E-state index in [1.54, 1.807) is 38.1 Å². The fourth-order valence-corrected chi connectivity index (χ4v) is 3.43. The molecular weight excluding hydrogens is 394 g/mol. The Hall–Kier alpha value is -2.38. The van der Waals surface area contributed by atoms with E-state index in [0.29, 0.717) is 22.8 Å². The lowest BCUT2D eigenvalue weighted by Crippen LogP contribution is -3.06. The van der Waals surface area contributed by atoms with Gasteiger partial charge >= 0.3 is 5.97 Å². The van der Waals surface area contributed by atoms with Crippen molar-refractivity contribution in [1.29, 1.82) is 0 Å². The number of ether oxygens (including phenoxy) is 1. The van der Waals surface area contributed by atoms with Gasteiger partial charge in [0.05, 0.1) is 39.4 Å². The molecule has 7 nitrogen and oxygen atoms in total. The zero-order valence-electron chi connectivity index (χ0n) is 17.4. The highest BCUT2D eigenvalue weighted by molar-refractivity contribution is 6.30. The summed E-state index contributed by atoms with van der Waals surface area (Å²) >= 11 is 5.97. The molecule has 158 valence electrons. The smallest absolute Gasteiger partial charge is 0.336 e. The van der Waals surface area contributed by atoms with Gasteiger partial charge < -0.3 is 19.9 Å². The first kappa shape index (κ1) is 22.9. The molecule has 0 saturated heterocycles. The standard InChI is InChI=1S/C21H28ClN3O4/c1-5-29-21(28)20-14(2)25(13-18(26)23-10-11-24(3)4)19(27)12-17(20)15-6-8-16(22)9-7-15/h6-9,17H,5,10-13H2,1-4H3,(H,23,26)/p+1/t17-/m1/s1. The number of benzene rings is 1. The maximum Gasteiger partial charge on any atom is 0.336 e. The Morgan fingerprint density at radius 3 is 2.52 bits per heavy atom. The highest BCUT2D eigenvalue weighted by Gasteiger charge is 2.37. The zero-order valence-corrected chi connectivity index (χ0v) is 18.1. The third-order valence-corrected chi connectivity index (χ3v) is 5.09. The second kappa shape index (κ2) is 10.4. The average Bonchev–Trinajstić information content (AvgIpc) is 2.65. The Morgan fingerprint density at radius 2 is 1.93 bits per heavy atom. The van der Waals surface area contributed by atoms with Gasteiger partial charge in [-0.15, -0.1) is 0 Å². The molecule has 29 heavy (non-hydrogen) atoms.